The molecule has 2 rings (SSSR count). The summed E-state index contributed by atoms with van der Waals surface area (Å²) in [6.45, 7) is 1.48. The molecule has 2 aromatic rings. The van der Waals surface area contributed by atoms with E-state index in [2.05, 4.69) is 36.4 Å². The van der Waals surface area contributed by atoms with E-state index in [1.807, 2.05) is 18.2 Å². The Bertz CT molecular complexity index is 496. The summed E-state index contributed by atoms with van der Waals surface area (Å²) >= 11 is 0. The molecule has 0 heterocycles. The van der Waals surface area contributed by atoms with Crippen LogP contribution in [0, 0.1) is 0 Å². The summed E-state index contributed by atoms with van der Waals surface area (Å²) in [4.78, 5) is 0. The maximum absolute atomic E-state index is 5.93. The maximum atomic E-state index is 5.93. The second-order valence-electron chi connectivity index (χ2n) is 4.70. The van der Waals surface area contributed by atoms with Crippen molar-refractivity contribution in [3.8, 4) is 0 Å². The van der Waals surface area contributed by atoms with Crippen molar-refractivity contribution in [2.45, 2.75) is 12.5 Å². The zero-order valence-corrected chi connectivity index (χ0v) is 11.8. The Labute approximate surface area is 120 Å². The number of hydrogen-bond donors (Lipinski definition) is 1. The molecule has 0 amide bonds. The zero-order valence-electron chi connectivity index (χ0n) is 11.8. The molecule has 106 valence electrons. The van der Waals surface area contributed by atoms with Crippen LogP contribution in [-0.2, 0) is 16.1 Å². The molecule has 2 aromatic carbocycles. The van der Waals surface area contributed by atoms with Gasteiger partial charge in [0.2, 0.25) is 0 Å². The molecule has 0 aliphatic heterocycles. The third kappa shape index (κ3) is 3.90. The number of benzene rings is 2. The highest BCUT2D eigenvalue weighted by Gasteiger charge is 2.11. The van der Waals surface area contributed by atoms with E-state index in [-0.39, 0.29) is 5.92 Å². The monoisotopic (exact) mass is 271 g/mol. The average Bonchev–Trinajstić information content (AvgIpc) is 2.51. The predicted octanol–water partition coefficient (Wildman–Crippen LogP) is 2.90. The summed E-state index contributed by atoms with van der Waals surface area (Å²) in [5, 5.41) is 0. The van der Waals surface area contributed by atoms with E-state index in [1.165, 1.54) is 11.1 Å². The van der Waals surface area contributed by atoms with Crippen LogP contribution in [0.5, 0.6) is 0 Å². The fourth-order valence-electron chi connectivity index (χ4n) is 2.24. The van der Waals surface area contributed by atoms with Crippen LogP contribution in [-0.4, -0.2) is 20.4 Å². The number of ether oxygens (including phenoxy) is 2. The number of methoxy groups -OCH3 is 1. The SMILES string of the molecule is COCOCc1ccc(C(CN)c2ccccc2)cc1. The summed E-state index contributed by atoms with van der Waals surface area (Å²) < 4.78 is 10.2. The number of hydrogen-bond acceptors (Lipinski definition) is 3. The number of nitrogens with two attached hydrogens (primary N) is 1. The minimum Gasteiger partial charge on any atom is -0.359 e. The Balaban J connectivity index is 2.08. The molecule has 1 atom stereocenters. The first kappa shape index (κ1) is 14.7. The minimum absolute atomic E-state index is 0.241. The Morgan fingerprint density at radius 2 is 1.60 bits per heavy atom. The van der Waals surface area contributed by atoms with Crippen LogP contribution in [0.2, 0.25) is 0 Å². The fourth-order valence-corrected chi connectivity index (χ4v) is 2.24. The van der Waals surface area contributed by atoms with Gasteiger partial charge in [-0.2, -0.15) is 0 Å². The van der Waals surface area contributed by atoms with Crippen LogP contribution in [0.15, 0.2) is 54.6 Å². The van der Waals surface area contributed by atoms with Gasteiger partial charge in [-0.3, -0.25) is 0 Å². The largest absolute Gasteiger partial charge is 0.359 e. The molecule has 0 radical (unpaired) electrons. The third-order valence-corrected chi connectivity index (χ3v) is 3.29. The molecule has 0 aliphatic carbocycles. The molecular weight excluding hydrogens is 250 g/mol. The molecule has 3 nitrogen and oxygen atoms in total. The number of rotatable bonds is 7. The Morgan fingerprint density at radius 1 is 0.950 bits per heavy atom. The standard InChI is InChI=1S/C17H21NO2/c1-19-13-20-12-14-7-9-16(10-8-14)17(11-18)15-5-3-2-4-6-15/h2-10,17H,11-13,18H2,1H3. The van der Waals surface area contributed by atoms with Gasteiger partial charge in [-0.05, 0) is 16.7 Å². The van der Waals surface area contributed by atoms with E-state index in [1.54, 1.807) is 7.11 Å². The molecule has 1 unspecified atom stereocenters. The molecule has 3 heteroatoms. The normalized spacial score (nSPS) is 12.3. The van der Waals surface area contributed by atoms with Crippen LogP contribution in [0.25, 0.3) is 0 Å². The second-order valence-corrected chi connectivity index (χ2v) is 4.70. The summed E-state index contributed by atoms with van der Waals surface area (Å²) in [7, 11) is 1.62. The lowest BCUT2D eigenvalue weighted by molar-refractivity contribution is -0.0390. The smallest absolute Gasteiger partial charge is 0.146 e. The second kappa shape index (κ2) is 7.80. The van der Waals surface area contributed by atoms with Crippen molar-refractivity contribution in [3.05, 3.63) is 71.3 Å². The molecule has 2 N–H and O–H groups in total. The first-order valence-electron chi connectivity index (χ1n) is 6.75. The Hall–Kier alpha value is -1.68. The first-order chi connectivity index (χ1) is 9.85. The zero-order chi connectivity index (χ0) is 14.2. The van der Waals surface area contributed by atoms with E-state index in [0.717, 1.165) is 5.56 Å². The molecular formula is C17H21NO2. The van der Waals surface area contributed by atoms with Crippen molar-refractivity contribution in [2.75, 3.05) is 20.4 Å². The van der Waals surface area contributed by atoms with Gasteiger partial charge in [0.15, 0.2) is 0 Å². The van der Waals surface area contributed by atoms with Gasteiger partial charge in [0.05, 0.1) is 6.61 Å². The van der Waals surface area contributed by atoms with Gasteiger partial charge in [-0.15, -0.1) is 0 Å². The highest BCUT2D eigenvalue weighted by Crippen LogP contribution is 2.23. The summed E-state index contributed by atoms with van der Waals surface area (Å²) in [5.74, 6) is 0.241. The average molecular weight is 271 g/mol. The minimum atomic E-state index is 0.241. The lowest BCUT2D eigenvalue weighted by atomic mass is 9.91. The van der Waals surface area contributed by atoms with Crippen molar-refractivity contribution >= 4 is 0 Å². The van der Waals surface area contributed by atoms with Gasteiger partial charge in [-0.25, -0.2) is 0 Å². The third-order valence-electron chi connectivity index (χ3n) is 3.29. The fraction of sp³-hybridized carbons (Fsp3) is 0.294. The van der Waals surface area contributed by atoms with Crippen LogP contribution >= 0.6 is 0 Å². The molecule has 0 bridgehead atoms. The highest BCUT2D eigenvalue weighted by molar-refractivity contribution is 5.34. The Morgan fingerprint density at radius 3 is 2.20 bits per heavy atom. The van der Waals surface area contributed by atoms with Gasteiger partial charge in [-0.1, -0.05) is 54.6 Å². The van der Waals surface area contributed by atoms with Gasteiger partial charge in [0, 0.05) is 19.6 Å². The van der Waals surface area contributed by atoms with E-state index in [9.17, 15) is 0 Å². The van der Waals surface area contributed by atoms with Crippen molar-refractivity contribution in [3.63, 3.8) is 0 Å². The Kier molecular flexibility index (Phi) is 5.74. The van der Waals surface area contributed by atoms with E-state index in [0.29, 0.717) is 19.9 Å². The quantitative estimate of drug-likeness (QED) is 0.622. The summed E-state index contributed by atoms with van der Waals surface area (Å²) in [6.07, 6.45) is 0. The lowest BCUT2D eigenvalue weighted by Crippen LogP contribution is -2.13. The van der Waals surface area contributed by atoms with Crippen molar-refractivity contribution in [1.82, 2.24) is 0 Å². The topological polar surface area (TPSA) is 44.5 Å². The van der Waals surface area contributed by atoms with Crippen LogP contribution in [0.1, 0.15) is 22.6 Å². The van der Waals surface area contributed by atoms with Gasteiger partial charge in [0.25, 0.3) is 0 Å². The van der Waals surface area contributed by atoms with E-state index < -0.39 is 0 Å². The van der Waals surface area contributed by atoms with Crippen LogP contribution in [0.3, 0.4) is 0 Å². The van der Waals surface area contributed by atoms with Crippen molar-refractivity contribution in [1.29, 1.82) is 0 Å². The van der Waals surface area contributed by atoms with E-state index >= 15 is 0 Å². The van der Waals surface area contributed by atoms with Crippen LogP contribution < -0.4 is 5.73 Å². The molecule has 0 aromatic heterocycles. The maximum Gasteiger partial charge on any atom is 0.146 e. The molecule has 20 heavy (non-hydrogen) atoms. The lowest BCUT2D eigenvalue weighted by Gasteiger charge is -2.16. The first-order valence-corrected chi connectivity index (χ1v) is 6.75. The highest BCUT2D eigenvalue weighted by atomic mass is 16.7. The van der Waals surface area contributed by atoms with Gasteiger partial charge >= 0.3 is 0 Å². The van der Waals surface area contributed by atoms with Crippen molar-refractivity contribution in [2.24, 2.45) is 5.73 Å². The van der Waals surface area contributed by atoms with Gasteiger partial charge in [0.1, 0.15) is 6.79 Å². The van der Waals surface area contributed by atoms with E-state index in [4.69, 9.17) is 15.2 Å². The molecule has 0 aliphatic rings. The van der Waals surface area contributed by atoms with Gasteiger partial charge < -0.3 is 15.2 Å². The summed E-state index contributed by atoms with van der Waals surface area (Å²) in [5.41, 5.74) is 9.55. The predicted molar refractivity (Wildman–Crippen MR) is 80.4 cm³/mol. The van der Waals surface area contributed by atoms with Crippen molar-refractivity contribution < 1.29 is 9.47 Å². The molecule has 0 spiro atoms. The molecule has 0 saturated heterocycles. The molecule has 0 saturated carbocycles. The molecule has 0 fully saturated rings. The van der Waals surface area contributed by atoms with Crippen LogP contribution in [0.4, 0.5) is 0 Å². The summed E-state index contributed by atoms with van der Waals surface area (Å²) in [6, 6.07) is 18.8.